The molecule has 64 valence electrons. The first-order valence-corrected chi connectivity index (χ1v) is 4.37. The molecule has 0 atom stereocenters. The maximum Gasteiger partial charge on any atom is 0.338 e. The van der Waals surface area contributed by atoms with Crippen LogP contribution in [0.1, 0.15) is 4.88 Å². The minimum Gasteiger partial charge on any atom is -0.465 e. The van der Waals surface area contributed by atoms with Crippen molar-refractivity contribution in [3.05, 3.63) is 27.9 Å². The molecule has 1 heterocycles. The summed E-state index contributed by atoms with van der Waals surface area (Å²) >= 11 is 6.98. The Balaban J connectivity index is 2.85. The number of hydrogen-bond acceptors (Lipinski definition) is 3. The highest BCUT2D eigenvalue weighted by atomic mass is 35.5. The standard InChI is InChI=1S/C8H7ClO2S/c1-5(8(10)11-2)6-3-4-7(9)12-6/h3-4H,1H2,2H3. The minimum absolute atomic E-state index is 0.342. The van der Waals surface area contributed by atoms with E-state index in [1.54, 1.807) is 12.1 Å². The van der Waals surface area contributed by atoms with E-state index in [-0.39, 0.29) is 0 Å². The van der Waals surface area contributed by atoms with Crippen LogP contribution in [0.2, 0.25) is 4.34 Å². The monoisotopic (exact) mass is 202 g/mol. The first-order valence-electron chi connectivity index (χ1n) is 3.18. The Hall–Kier alpha value is -0.800. The van der Waals surface area contributed by atoms with Crippen molar-refractivity contribution in [3.63, 3.8) is 0 Å². The van der Waals surface area contributed by atoms with Crippen molar-refractivity contribution in [1.29, 1.82) is 0 Å². The molecule has 4 heteroatoms. The molecule has 1 rings (SSSR count). The number of hydrogen-bond donors (Lipinski definition) is 0. The van der Waals surface area contributed by atoms with Crippen LogP contribution in [0.25, 0.3) is 5.57 Å². The highest BCUT2D eigenvalue weighted by molar-refractivity contribution is 7.17. The zero-order valence-corrected chi connectivity index (χ0v) is 8.04. The average molecular weight is 203 g/mol. The fraction of sp³-hybridized carbons (Fsp3) is 0.125. The van der Waals surface area contributed by atoms with Gasteiger partial charge in [0.1, 0.15) is 0 Å². The average Bonchev–Trinajstić information content (AvgIpc) is 2.49. The number of carbonyl (C=O) groups excluding carboxylic acids is 1. The van der Waals surface area contributed by atoms with Crippen molar-refractivity contribution in [2.75, 3.05) is 7.11 Å². The van der Waals surface area contributed by atoms with Gasteiger partial charge in [0, 0.05) is 4.88 Å². The predicted molar refractivity (Wildman–Crippen MR) is 50.4 cm³/mol. The first-order chi connectivity index (χ1) is 5.65. The van der Waals surface area contributed by atoms with Gasteiger partial charge in [-0.3, -0.25) is 0 Å². The Morgan fingerprint density at radius 1 is 1.67 bits per heavy atom. The molecule has 0 aliphatic heterocycles. The molecule has 12 heavy (non-hydrogen) atoms. The SMILES string of the molecule is C=C(C(=O)OC)c1ccc(Cl)s1. The maximum atomic E-state index is 11.0. The molecule has 1 aromatic rings. The molecule has 0 aliphatic carbocycles. The summed E-state index contributed by atoms with van der Waals surface area (Å²) in [7, 11) is 1.32. The van der Waals surface area contributed by atoms with E-state index in [9.17, 15) is 4.79 Å². The van der Waals surface area contributed by atoms with E-state index in [2.05, 4.69) is 11.3 Å². The summed E-state index contributed by atoms with van der Waals surface area (Å²) < 4.78 is 5.14. The minimum atomic E-state index is -0.423. The van der Waals surface area contributed by atoms with Gasteiger partial charge in [0.2, 0.25) is 0 Å². The third-order valence-corrected chi connectivity index (χ3v) is 2.59. The van der Waals surface area contributed by atoms with E-state index in [1.807, 2.05) is 0 Å². The summed E-state index contributed by atoms with van der Waals surface area (Å²) in [5.41, 5.74) is 0.342. The zero-order chi connectivity index (χ0) is 9.14. The van der Waals surface area contributed by atoms with Crippen molar-refractivity contribution in [3.8, 4) is 0 Å². The lowest BCUT2D eigenvalue weighted by molar-refractivity contribution is -0.133. The van der Waals surface area contributed by atoms with E-state index in [0.29, 0.717) is 9.91 Å². The number of rotatable bonds is 2. The smallest absolute Gasteiger partial charge is 0.338 e. The van der Waals surface area contributed by atoms with E-state index in [1.165, 1.54) is 18.4 Å². The van der Waals surface area contributed by atoms with Crippen molar-refractivity contribution in [1.82, 2.24) is 0 Å². The maximum absolute atomic E-state index is 11.0. The van der Waals surface area contributed by atoms with Crippen LogP contribution in [-0.4, -0.2) is 13.1 Å². The number of carbonyl (C=O) groups is 1. The third kappa shape index (κ3) is 1.87. The normalized spacial score (nSPS) is 9.50. The van der Waals surface area contributed by atoms with Crippen molar-refractivity contribution < 1.29 is 9.53 Å². The fourth-order valence-corrected chi connectivity index (χ4v) is 1.70. The molecule has 0 saturated heterocycles. The molecule has 0 N–H and O–H groups in total. The highest BCUT2D eigenvalue weighted by Gasteiger charge is 2.10. The third-order valence-electron chi connectivity index (χ3n) is 1.30. The Kier molecular flexibility index (Phi) is 2.89. The number of thiophene rings is 1. The second kappa shape index (κ2) is 3.74. The Labute approximate surface area is 79.4 Å². The molecule has 0 amide bonds. The topological polar surface area (TPSA) is 26.3 Å². The van der Waals surface area contributed by atoms with Crippen molar-refractivity contribution in [2.24, 2.45) is 0 Å². The van der Waals surface area contributed by atoms with Gasteiger partial charge in [-0.15, -0.1) is 11.3 Å². The molecule has 0 unspecified atom stereocenters. The van der Waals surface area contributed by atoms with Gasteiger partial charge in [-0.25, -0.2) is 4.79 Å². The van der Waals surface area contributed by atoms with Gasteiger partial charge in [-0.2, -0.15) is 0 Å². The van der Waals surface area contributed by atoms with Crippen molar-refractivity contribution >= 4 is 34.5 Å². The first kappa shape index (κ1) is 9.29. The fourth-order valence-electron chi connectivity index (χ4n) is 0.700. The van der Waals surface area contributed by atoms with Crippen LogP contribution in [0.4, 0.5) is 0 Å². The Morgan fingerprint density at radius 3 is 2.75 bits per heavy atom. The highest BCUT2D eigenvalue weighted by Crippen LogP contribution is 2.27. The van der Waals surface area contributed by atoms with E-state index in [4.69, 9.17) is 11.6 Å². The summed E-state index contributed by atoms with van der Waals surface area (Å²) in [5.74, 6) is -0.423. The second-order valence-electron chi connectivity index (χ2n) is 2.07. The zero-order valence-electron chi connectivity index (χ0n) is 6.46. The lowest BCUT2D eigenvalue weighted by atomic mass is 10.2. The number of methoxy groups -OCH3 is 1. The van der Waals surface area contributed by atoms with Gasteiger partial charge >= 0.3 is 5.97 Å². The van der Waals surface area contributed by atoms with E-state index >= 15 is 0 Å². The summed E-state index contributed by atoms with van der Waals surface area (Å²) in [6.45, 7) is 3.59. The molecular weight excluding hydrogens is 196 g/mol. The largest absolute Gasteiger partial charge is 0.465 e. The number of esters is 1. The summed E-state index contributed by atoms with van der Waals surface area (Å²) in [5, 5.41) is 0. The molecule has 0 radical (unpaired) electrons. The van der Waals surface area contributed by atoms with Gasteiger partial charge in [0.05, 0.1) is 17.0 Å². The Morgan fingerprint density at radius 2 is 2.33 bits per heavy atom. The molecule has 0 spiro atoms. The molecule has 2 nitrogen and oxygen atoms in total. The van der Waals surface area contributed by atoms with Gasteiger partial charge in [0.15, 0.2) is 0 Å². The van der Waals surface area contributed by atoms with Gasteiger partial charge in [-0.1, -0.05) is 18.2 Å². The predicted octanol–water partition coefficient (Wildman–Crippen LogP) is 2.59. The molecule has 0 fully saturated rings. The molecule has 0 aliphatic rings. The van der Waals surface area contributed by atoms with Crippen LogP contribution in [0.3, 0.4) is 0 Å². The van der Waals surface area contributed by atoms with Crippen molar-refractivity contribution in [2.45, 2.75) is 0 Å². The van der Waals surface area contributed by atoms with E-state index < -0.39 is 5.97 Å². The lowest BCUT2D eigenvalue weighted by Gasteiger charge is -1.98. The quantitative estimate of drug-likeness (QED) is 0.544. The molecule has 1 aromatic heterocycles. The molecule has 0 saturated carbocycles. The number of halogens is 1. The second-order valence-corrected chi connectivity index (χ2v) is 3.79. The molecule has 0 aromatic carbocycles. The van der Waals surface area contributed by atoms with Crippen LogP contribution in [0.5, 0.6) is 0 Å². The van der Waals surface area contributed by atoms with Crippen LogP contribution in [0, 0.1) is 0 Å². The summed E-state index contributed by atoms with van der Waals surface area (Å²) in [6, 6.07) is 3.46. The summed E-state index contributed by atoms with van der Waals surface area (Å²) in [4.78, 5) is 11.7. The molecule has 0 bridgehead atoms. The van der Waals surface area contributed by atoms with Gasteiger partial charge < -0.3 is 4.74 Å². The lowest BCUT2D eigenvalue weighted by Crippen LogP contribution is -2.00. The van der Waals surface area contributed by atoms with Crippen LogP contribution in [0.15, 0.2) is 18.7 Å². The number of ether oxygens (including phenoxy) is 1. The Bertz CT molecular complexity index is 317. The summed E-state index contributed by atoms with van der Waals surface area (Å²) in [6.07, 6.45) is 0. The van der Waals surface area contributed by atoms with E-state index in [0.717, 1.165) is 4.88 Å². The van der Waals surface area contributed by atoms with Crippen LogP contribution >= 0.6 is 22.9 Å². The van der Waals surface area contributed by atoms with Gasteiger partial charge in [0.25, 0.3) is 0 Å². The van der Waals surface area contributed by atoms with Crippen LogP contribution < -0.4 is 0 Å². The molecular formula is C8H7ClO2S. The van der Waals surface area contributed by atoms with Gasteiger partial charge in [-0.05, 0) is 12.1 Å². The van der Waals surface area contributed by atoms with Crippen LogP contribution in [-0.2, 0) is 9.53 Å².